The van der Waals surface area contributed by atoms with Crippen LogP contribution in [-0.2, 0) is 27.8 Å². The van der Waals surface area contributed by atoms with Crippen LogP contribution in [0.4, 0.5) is 0 Å². The number of sulfonamides is 1. The van der Waals surface area contributed by atoms with Gasteiger partial charge in [0.05, 0.1) is 15.8 Å². The van der Waals surface area contributed by atoms with Gasteiger partial charge in [-0.05, 0) is 36.2 Å². The van der Waals surface area contributed by atoms with E-state index in [9.17, 15) is 22.8 Å². The molecule has 0 spiro atoms. The van der Waals surface area contributed by atoms with Crippen LogP contribution in [0.3, 0.4) is 0 Å². The summed E-state index contributed by atoms with van der Waals surface area (Å²) in [4.78, 5) is 39.2. The van der Waals surface area contributed by atoms with Gasteiger partial charge in [-0.1, -0.05) is 24.3 Å². The first kappa shape index (κ1) is 19.5. The minimum absolute atomic E-state index is 0.00944. The summed E-state index contributed by atoms with van der Waals surface area (Å²) in [6.07, 6.45) is 0.444. The van der Waals surface area contributed by atoms with Gasteiger partial charge in [-0.25, -0.2) is 18.4 Å². The zero-order chi connectivity index (χ0) is 20.3. The molecular formula is C18H18N4O5S. The van der Waals surface area contributed by atoms with Crippen LogP contribution in [-0.4, -0.2) is 30.4 Å². The molecule has 0 unspecified atom stereocenters. The number of hydrogen-bond acceptors (Lipinski definition) is 5. The normalized spacial score (nSPS) is 11.5. The number of primary sulfonamides is 1. The van der Waals surface area contributed by atoms with E-state index in [1.807, 2.05) is 0 Å². The van der Waals surface area contributed by atoms with Crippen LogP contribution < -0.4 is 21.7 Å². The molecule has 1 aromatic heterocycles. The molecule has 0 atom stereocenters. The second kappa shape index (κ2) is 7.79. The third-order valence-corrected chi connectivity index (χ3v) is 5.11. The fraction of sp³-hybridized carbons (Fsp3) is 0.167. The Morgan fingerprint density at radius 2 is 1.75 bits per heavy atom. The standard InChI is InChI=1S/C18H18N4O5S/c19-28(26,27)13-7-5-12(6-8-13)9-10-20-16(23)11-22-17(24)14-3-1-2-4-15(14)21-18(22)25/h1-8H,9-11H2,(H,20,23)(H,21,25)(H2,19,26,27). The average molecular weight is 402 g/mol. The van der Waals surface area contributed by atoms with Crippen LogP contribution in [0.2, 0.25) is 0 Å². The highest BCUT2D eigenvalue weighted by molar-refractivity contribution is 7.89. The van der Waals surface area contributed by atoms with Crippen molar-refractivity contribution < 1.29 is 13.2 Å². The van der Waals surface area contributed by atoms with E-state index in [-0.39, 0.29) is 11.4 Å². The minimum atomic E-state index is -3.75. The van der Waals surface area contributed by atoms with Gasteiger partial charge in [-0.15, -0.1) is 0 Å². The van der Waals surface area contributed by atoms with Crippen molar-refractivity contribution in [1.29, 1.82) is 0 Å². The smallest absolute Gasteiger partial charge is 0.329 e. The predicted octanol–water partition coefficient (Wildman–Crippen LogP) is -0.304. The lowest BCUT2D eigenvalue weighted by molar-refractivity contribution is -0.121. The van der Waals surface area contributed by atoms with E-state index in [4.69, 9.17) is 5.14 Å². The van der Waals surface area contributed by atoms with Crippen molar-refractivity contribution >= 4 is 26.8 Å². The molecule has 146 valence electrons. The number of nitrogens with zero attached hydrogens (tertiary/aromatic N) is 1. The topological polar surface area (TPSA) is 144 Å². The third kappa shape index (κ3) is 4.35. The SMILES string of the molecule is NS(=O)(=O)c1ccc(CCNC(=O)Cn2c(=O)[nH]c3ccccc3c2=O)cc1. The molecule has 2 aromatic carbocycles. The minimum Gasteiger partial charge on any atom is -0.354 e. The van der Waals surface area contributed by atoms with Gasteiger partial charge < -0.3 is 10.3 Å². The molecule has 9 nitrogen and oxygen atoms in total. The number of fused-ring (bicyclic) bond motifs is 1. The second-order valence-corrected chi connectivity index (χ2v) is 7.72. The number of H-pyrrole nitrogens is 1. The van der Waals surface area contributed by atoms with Crippen LogP contribution in [0.1, 0.15) is 5.56 Å². The van der Waals surface area contributed by atoms with Crippen molar-refractivity contribution in [3.05, 3.63) is 74.9 Å². The molecule has 1 amide bonds. The Bertz CT molecular complexity index is 1240. The Morgan fingerprint density at radius 3 is 2.43 bits per heavy atom. The first-order valence-electron chi connectivity index (χ1n) is 8.36. The van der Waals surface area contributed by atoms with E-state index in [0.717, 1.165) is 10.1 Å². The highest BCUT2D eigenvalue weighted by atomic mass is 32.2. The highest BCUT2D eigenvalue weighted by Gasteiger charge is 2.11. The zero-order valence-electron chi connectivity index (χ0n) is 14.7. The van der Waals surface area contributed by atoms with Gasteiger partial charge in [-0.2, -0.15) is 0 Å². The molecule has 0 bridgehead atoms. The summed E-state index contributed by atoms with van der Waals surface area (Å²) in [5.41, 5.74) is 0.0241. The summed E-state index contributed by atoms with van der Waals surface area (Å²) in [6.45, 7) is -0.142. The molecule has 0 saturated carbocycles. The Labute approximate surface area is 159 Å². The van der Waals surface area contributed by atoms with Crippen molar-refractivity contribution in [3.63, 3.8) is 0 Å². The van der Waals surface area contributed by atoms with Gasteiger partial charge >= 0.3 is 5.69 Å². The lowest BCUT2D eigenvalue weighted by atomic mass is 10.1. The van der Waals surface area contributed by atoms with Gasteiger partial charge in [0.25, 0.3) is 5.56 Å². The fourth-order valence-corrected chi connectivity index (χ4v) is 3.25. The third-order valence-electron chi connectivity index (χ3n) is 4.18. The van der Waals surface area contributed by atoms with Gasteiger partial charge in [0.1, 0.15) is 6.54 Å². The monoisotopic (exact) mass is 402 g/mol. The van der Waals surface area contributed by atoms with Crippen molar-refractivity contribution in [2.45, 2.75) is 17.9 Å². The van der Waals surface area contributed by atoms with Gasteiger partial charge in [-0.3, -0.25) is 14.2 Å². The number of amides is 1. The summed E-state index contributed by atoms with van der Waals surface area (Å²) in [7, 11) is -3.75. The van der Waals surface area contributed by atoms with Crippen LogP contribution in [0, 0.1) is 0 Å². The number of benzene rings is 2. The first-order chi connectivity index (χ1) is 13.3. The largest absolute Gasteiger partial charge is 0.354 e. The maximum Gasteiger partial charge on any atom is 0.329 e. The fourth-order valence-electron chi connectivity index (χ4n) is 2.73. The van der Waals surface area contributed by atoms with E-state index in [1.54, 1.807) is 36.4 Å². The summed E-state index contributed by atoms with van der Waals surface area (Å²) in [5.74, 6) is -0.482. The number of aromatic amines is 1. The molecule has 0 fully saturated rings. The number of rotatable bonds is 6. The molecule has 28 heavy (non-hydrogen) atoms. The van der Waals surface area contributed by atoms with Gasteiger partial charge in [0.2, 0.25) is 15.9 Å². The zero-order valence-corrected chi connectivity index (χ0v) is 15.5. The number of nitrogens with one attached hydrogen (secondary N) is 2. The number of carbonyl (C=O) groups is 1. The molecule has 3 aromatic rings. The number of aromatic nitrogens is 2. The molecule has 0 aliphatic heterocycles. The maximum atomic E-state index is 12.4. The van der Waals surface area contributed by atoms with Crippen molar-refractivity contribution in [3.8, 4) is 0 Å². The van der Waals surface area contributed by atoms with Crippen molar-refractivity contribution in [2.75, 3.05) is 6.54 Å². The summed E-state index contributed by atoms with van der Waals surface area (Å²) < 4.78 is 23.3. The lowest BCUT2D eigenvalue weighted by Crippen LogP contribution is -2.41. The molecule has 1 heterocycles. The Morgan fingerprint density at radius 1 is 1.07 bits per heavy atom. The Hall–Kier alpha value is -3.24. The van der Waals surface area contributed by atoms with Crippen molar-refractivity contribution in [2.24, 2.45) is 5.14 Å². The molecule has 3 rings (SSSR count). The van der Waals surface area contributed by atoms with E-state index in [2.05, 4.69) is 10.3 Å². The van der Waals surface area contributed by atoms with Crippen LogP contribution in [0.25, 0.3) is 10.9 Å². The lowest BCUT2D eigenvalue weighted by Gasteiger charge is -2.08. The molecule has 0 aliphatic carbocycles. The molecule has 4 N–H and O–H groups in total. The van der Waals surface area contributed by atoms with Gasteiger partial charge in [0.15, 0.2) is 0 Å². The summed E-state index contributed by atoms with van der Waals surface area (Å²) in [5, 5.41) is 7.99. The van der Waals surface area contributed by atoms with Crippen LogP contribution in [0.5, 0.6) is 0 Å². The van der Waals surface area contributed by atoms with Crippen LogP contribution in [0.15, 0.2) is 63.0 Å². The van der Waals surface area contributed by atoms with Gasteiger partial charge in [0, 0.05) is 6.54 Å². The van der Waals surface area contributed by atoms with E-state index in [1.165, 1.54) is 12.1 Å². The molecule has 0 saturated heterocycles. The van der Waals surface area contributed by atoms with Crippen LogP contribution >= 0.6 is 0 Å². The number of carbonyl (C=O) groups excluding carboxylic acids is 1. The molecule has 0 radical (unpaired) electrons. The molecular weight excluding hydrogens is 384 g/mol. The number of para-hydroxylation sites is 1. The van der Waals surface area contributed by atoms with E-state index >= 15 is 0 Å². The number of nitrogens with two attached hydrogens (primary N) is 1. The predicted molar refractivity (Wildman–Crippen MR) is 103 cm³/mol. The highest BCUT2D eigenvalue weighted by Crippen LogP contribution is 2.09. The summed E-state index contributed by atoms with van der Waals surface area (Å²) in [6, 6.07) is 12.5. The van der Waals surface area contributed by atoms with Crippen molar-refractivity contribution in [1.82, 2.24) is 14.9 Å². The van der Waals surface area contributed by atoms with E-state index in [0.29, 0.717) is 17.3 Å². The molecule has 0 aliphatic rings. The summed E-state index contributed by atoms with van der Waals surface area (Å²) >= 11 is 0. The van der Waals surface area contributed by atoms with E-state index < -0.39 is 33.7 Å². The first-order valence-corrected chi connectivity index (χ1v) is 9.90. The maximum absolute atomic E-state index is 12.4. The second-order valence-electron chi connectivity index (χ2n) is 6.16. The number of hydrogen-bond donors (Lipinski definition) is 3. The Kier molecular flexibility index (Phi) is 5.43. The Balaban J connectivity index is 1.63. The molecule has 10 heteroatoms. The average Bonchev–Trinajstić information content (AvgIpc) is 2.65. The quantitative estimate of drug-likeness (QED) is 0.518.